The molecule has 24 heavy (non-hydrogen) atoms. The van der Waals surface area contributed by atoms with Crippen molar-refractivity contribution in [3.8, 4) is 0 Å². The number of nitrogens with one attached hydrogen (secondary N) is 2. The molecular formula is C17H26ClN3O2S. The zero-order valence-corrected chi connectivity index (χ0v) is 15.8. The molecular weight excluding hydrogens is 346 g/mol. The van der Waals surface area contributed by atoms with Crippen molar-refractivity contribution in [3.63, 3.8) is 0 Å². The third-order valence-electron chi connectivity index (χ3n) is 5.32. The summed E-state index contributed by atoms with van der Waals surface area (Å²) in [6, 6.07) is 9.71. The van der Waals surface area contributed by atoms with Gasteiger partial charge in [0.2, 0.25) is 10.0 Å². The van der Waals surface area contributed by atoms with E-state index in [1.807, 2.05) is 49.2 Å². The molecule has 5 nitrogen and oxygen atoms in total. The Balaban J connectivity index is 1.62. The SMILES string of the molecule is CC(CN(C)c1ccccc1)NS(=O)(=O)C1(Cl)CC12CCNCC2. The van der Waals surface area contributed by atoms with Crippen LogP contribution in [0.5, 0.6) is 0 Å². The summed E-state index contributed by atoms with van der Waals surface area (Å²) >= 11 is 6.58. The molecule has 2 N–H and O–H groups in total. The summed E-state index contributed by atoms with van der Waals surface area (Å²) < 4.78 is 27.3. The van der Waals surface area contributed by atoms with Crippen LogP contribution in [0, 0.1) is 5.41 Å². The van der Waals surface area contributed by atoms with Crippen molar-refractivity contribution in [3.05, 3.63) is 30.3 Å². The van der Waals surface area contributed by atoms with Crippen LogP contribution in [0.1, 0.15) is 26.2 Å². The highest BCUT2D eigenvalue weighted by atomic mass is 35.5. The van der Waals surface area contributed by atoms with Gasteiger partial charge in [0.1, 0.15) is 0 Å². The number of halogens is 1. The second-order valence-electron chi connectivity index (χ2n) is 7.17. The van der Waals surface area contributed by atoms with Crippen LogP contribution in [0.4, 0.5) is 5.69 Å². The summed E-state index contributed by atoms with van der Waals surface area (Å²) in [6.07, 6.45) is 2.21. The molecule has 1 aromatic rings. The van der Waals surface area contributed by atoms with Gasteiger partial charge in [-0.25, -0.2) is 13.1 Å². The zero-order chi connectivity index (χ0) is 17.4. The van der Waals surface area contributed by atoms with Crippen LogP contribution in [0.2, 0.25) is 0 Å². The van der Waals surface area contributed by atoms with Crippen molar-refractivity contribution in [1.82, 2.24) is 10.0 Å². The largest absolute Gasteiger partial charge is 0.373 e. The Morgan fingerprint density at radius 3 is 2.54 bits per heavy atom. The Labute approximate surface area is 149 Å². The number of nitrogens with zero attached hydrogens (tertiary/aromatic N) is 1. The van der Waals surface area contributed by atoms with E-state index in [1.54, 1.807) is 0 Å². The molecule has 1 saturated carbocycles. The number of hydrogen-bond acceptors (Lipinski definition) is 4. The topological polar surface area (TPSA) is 61.4 Å². The number of rotatable bonds is 6. The van der Waals surface area contributed by atoms with Gasteiger partial charge in [0.05, 0.1) is 0 Å². The Morgan fingerprint density at radius 2 is 1.92 bits per heavy atom. The van der Waals surface area contributed by atoms with E-state index in [-0.39, 0.29) is 11.5 Å². The van der Waals surface area contributed by atoms with Gasteiger partial charge in [-0.1, -0.05) is 29.8 Å². The van der Waals surface area contributed by atoms with E-state index in [2.05, 4.69) is 10.0 Å². The molecule has 0 aromatic heterocycles. The van der Waals surface area contributed by atoms with Crippen LogP contribution in [-0.4, -0.2) is 45.3 Å². The molecule has 1 aliphatic heterocycles. The standard InChI is InChI=1S/C17H26ClN3O2S/c1-14(12-21(2)15-6-4-3-5-7-15)20-24(22,23)17(18)13-16(17)8-10-19-11-9-16/h3-7,14,19-20H,8-13H2,1-2H3. The molecule has 0 bridgehead atoms. The van der Waals surface area contributed by atoms with Crippen LogP contribution in [0.15, 0.2) is 30.3 Å². The second-order valence-corrected chi connectivity index (χ2v) is 9.98. The lowest BCUT2D eigenvalue weighted by atomic mass is 9.95. The van der Waals surface area contributed by atoms with E-state index in [0.29, 0.717) is 13.0 Å². The Bertz CT molecular complexity index is 676. The van der Waals surface area contributed by atoms with E-state index in [0.717, 1.165) is 31.6 Å². The Morgan fingerprint density at radius 1 is 1.29 bits per heavy atom. The monoisotopic (exact) mass is 371 g/mol. The molecule has 1 heterocycles. The number of benzene rings is 1. The van der Waals surface area contributed by atoms with Gasteiger partial charge in [-0.05, 0) is 51.4 Å². The van der Waals surface area contributed by atoms with Gasteiger partial charge in [0.15, 0.2) is 4.21 Å². The van der Waals surface area contributed by atoms with Gasteiger partial charge in [-0.15, -0.1) is 0 Å². The number of sulfonamides is 1. The normalized spacial score (nSPS) is 27.0. The van der Waals surface area contributed by atoms with E-state index in [9.17, 15) is 8.42 Å². The number of piperidine rings is 1. The molecule has 2 aliphatic rings. The maximum Gasteiger partial charge on any atom is 0.232 e. The number of anilines is 1. The lowest BCUT2D eigenvalue weighted by Crippen LogP contribution is -2.46. The molecule has 1 saturated heterocycles. The Hall–Kier alpha value is -0.820. The fraction of sp³-hybridized carbons (Fsp3) is 0.647. The molecule has 1 aromatic carbocycles. The molecule has 1 spiro atoms. The molecule has 2 atom stereocenters. The third kappa shape index (κ3) is 3.17. The molecule has 2 fully saturated rings. The summed E-state index contributed by atoms with van der Waals surface area (Å²) in [6.45, 7) is 4.16. The highest BCUT2D eigenvalue weighted by Gasteiger charge is 2.73. The first-order chi connectivity index (χ1) is 11.3. The number of alkyl halides is 1. The summed E-state index contributed by atoms with van der Waals surface area (Å²) in [5.74, 6) is 0. The van der Waals surface area contributed by atoms with Gasteiger partial charge in [-0.2, -0.15) is 0 Å². The van der Waals surface area contributed by atoms with Crippen LogP contribution in [0.3, 0.4) is 0 Å². The first kappa shape index (κ1) is 18.0. The van der Waals surface area contributed by atoms with Crippen LogP contribution in [-0.2, 0) is 10.0 Å². The molecule has 7 heteroatoms. The van der Waals surface area contributed by atoms with Gasteiger partial charge in [-0.3, -0.25) is 0 Å². The van der Waals surface area contributed by atoms with Crippen molar-refractivity contribution < 1.29 is 8.42 Å². The lowest BCUT2D eigenvalue weighted by Gasteiger charge is -2.28. The molecule has 3 rings (SSSR count). The summed E-state index contributed by atoms with van der Waals surface area (Å²) in [5.41, 5.74) is 0.807. The van der Waals surface area contributed by atoms with E-state index in [1.165, 1.54) is 0 Å². The first-order valence-corrected chi connectivity index (χ1v) is 10.3. The lowest BCUT2D eigenvalue weighted by molar-refractivity contribution is 0.346. The van der Waals surface area contributed by atoms with Gasteiger partial charge in [0, 0.05) is 30.7 Å². The minimum atomic E-state index is -3.56. The average Bonchev–Trinajstić information content (AvgIpc) is 3.13. The van der Waals surface area contributed by atoms with Crippen molar-refractivity contribution in [1.29, 1.82) is 0 Å². The molecule has 1 aliphatic carbocycles. The minimum Gasteiger partial charge on any atom is -0.373 e. The van der Waals surface area contributed by atoms with Crippen molar-refractivity contribution in [2.24, 2.45) is 5.41 Å². The molecule has 2 unspecified atom stereocenters. The summed E-state index contributed by atoms with van der Waals surface area (Å²) in [4.78, 5) is 2.04. The zero-order valence-electron chi connectivity index (χ0n) is 14.3. The predicted octanol–water partition coefficient (Wildman–Crippen LogP) is 2.14. The third-order valence-corrected chi connectivity index (χ3v) is 8.61. The van der Waals surface area contributed by atoms with Crippen molar-refractivity contribution in [2.75, 3.05) is 31.6 Å². The van der Waals surface area contributed by atoms with Crippen molar-refractivity contribution >= 4 is 27.3 Å². The summed E-state index contributed by atoms with van der Waals surface area (Å²) in [7, 11) is -1.60. The second kappa shape index (κ2) is 6.48. The smallest absolute Gasteiger partial charge is 0.232 e. The molecule has 134 valence electrons. The fourth-order valence-corrected chi connectivity index (χ4v) is 6.43. The van der Waals surface area contributed by atoms with E-state index in [4.69, 9.17) is 11.6 Å². The van der Waals surface area contributed by atoms with Gasteiger partial charge in [0.25, 0.3) is 0 Å². The average molecular weight is 372 g/mol. The summed E-state index contributed by atoms with van der Waals surface area (Å²) in [5, 5.41) is 3.27. The predicted molar refractivity (Wildman–Crippen MR) is 99.0 cm³/mol. The minimum absolute atomic E-state index is 0.213. The van der Waals surface area contributed by atoms with Crippen LogP contribution < -0.4 is 14.9 Å². The van der Waals surface area contributed by atoms with E-state index < -0.39 is 14.2 Å². The number of para-hydroxylation sites is 1. The van der Waals surface area contributed by atoms with Crippen molar-refractivity contribution in [2.45, 2.75) is 36.4 Å². The maximum atomic E-state index is 12.8. The van der Waals surface area contributed by atoms with Gasteiger partial charge >= 0.3 is 0 Å². The maximum absolute atomic E-state index is 12.8. The first-order valence-electron chi connectivity index (χ1n) is 8.47. The van der Waals surface area contributed by atoms with E-state index >= 15 is 0 Å². The van der Waals surface area contributed by atoms with Gasteiger partial charge < -0.3 is 10.2 Å². The fourth-order valence-electron chi connectivity index (χ4n) is 3.82. The Kier molecular flexibility index (Phi) is 4.86. The molecule has 0 radical (unpaired) electrons. The number of likely N-dealkylation sites (N-methyl/N-ethyl adjacent to an activating group) is 1. The quantitative estimate of drug-likeness (QED) is 0.752. The van der Waals surface area contributed by atoms with Crippen LogP contribution in [0.25, 0.3) is 0 Å². The highest BCUT2D eigenvalue weighted by Crippen LogP contribution is 2.68. The molecule has 0 amide bonds. The van der Waals surface area contributed by atoms with Crippen LogP contribution >= 0.6 is 11.6 Å². The highest BCUT2D eigenvalue weighted by molar-refractivity contribution is 7.92. The number of hydrogen-bond donors (Lipinski definition) is 2.